The van der Waals surface area contributed by atoms with Crippen molar-refractivity contribution in [1.29, 1.82) is 0 Å². The molecule has 0 aliphatic carbocycles. The van der Waals surface area contributed by atoms with Crippen LogP contribution in [0.15, 0.2) is 0 Å². The largest absolute Gasteiger partial charge is 0.381 e. The fraction of sp³-hybridized carbons (Fsp3) is 1.00. The summed E-state index contributed by atoms with van der Waals surface area (Å²) in [5.41, 5.74) is 0.0664. The number of rotatable bonds is 13. The first-order valence-electron chi connectivity index (χ1n) is 7.77. The highest BCUT2D eigenvalue weighted by molar-refractivity contribution is 9.09. The van der Waals surface area contributed by atoms with Crippen molar-refractivity contribution in [2.75, 3.05) is 30.5 Å². The van der Waals surface area contributed by atoms with Gasteiger partial charge in [0, 0.05) is 29.3 Å². The smallest absolute Gasteiger partial charge is 0.0670 e. The highest BCUT2D eigenvalue weighted by Gasteiger charge is 2.33. The van der Waals surface area contributed by atoms with Gasteiger partial charge in [0.25, 0.3) is 0 Å². The van der Waals surface area contributed by atoms with E-state index in [4.69, 9.17) is 9.47 Å². The van der Waals surface area contributed by atoms with E-state index in [2.05, 4.69) is 59.6 Å². The molecule has 0 fully saturated rings. The van der Waals surface area contributed by atoms with Crippen LogP contribution in [0.5, 0.6) is 0 Å². The zero-order chi connectivity index (χ0) is 15.4. The van der Waals surface area contributed by atoms with Crippen LogP contribution < -0.4 is 0 Å². The molecule has 2 nitrogen and oxygen atoms in total. The van der Waals surface area contributed by atoms with Gasteiger partial charge in [0.2, 0.25) is 0 Å². The summed E-state index contributed by atoms with van der Waals surface area (Å²) >= 11 is 6.91. The Labute approximate surface area is 142 Å². The van der Waals surface area contributed by atoms with Crippen LogP contribution in [0.25, 0.3) is 0 Å². The molecule has 0 bridgehead atoms. The van der Waals surface area contributed by atoms with Crippen molar-refractivity contribution in [3.8, 4) is 0 Å². The van der Waals surface area contributed by atoms with Crippen LogP contribution in [0.4, 0.5) is 0 Å². The minimum atomic E-state index is 0.0664. The van der Waals surface area contributed by atoms with E-state index in [0.29, 0.717) is 5.92 Å². The van der Waals surface area contributed by atoms with Crippen LogP contribution in [-0.2, 0) is 9.47 Å². The molecule has 0 amide bonds. The standard InChI is InChI=1S/C16H32Br2O2/c1-14(2)15(20-12-8-6-10-18)16(3,4)13-19-11-7-5-9-17/h14-15H,5-13H2,1-4H3. The molecule has 4 heteroatoms. The molecule has 0 aliphatic heterocycles. The fourth-order valence-electron chi connectivity index (χ4n) is 2.44. The Bertz CT molecular complexity index is 221. The maximum absolute atomic E-state index is 6.14. The molecule has 0 heterocycles. The second kappa shape index (κ2) is 12.4. The molecule has 0 aliphatic rings. The van der Waals surface area contributed by atoms with Crippen molar-refractivity contribution < 1.29 is 9.47 Å². The molecule has 0 saturated carbocycles. The van der Waals surface area contributed by atoms with E-state index in [9.17, 15) is 0 Å². The quantitative estimate of drug-likeness (QED) is 0.295. The summed E-state index contributed by atoms with van der Waals surface area (Å²) in [6.45, 7) is 11.5. The Morgan fingerprint density at radius 2 is 1.45 bits per heavy atom. The Balaban J connectivity index is 4.11. The van der Waals surface area contributed by atoms with Gasteiger partial charge in [0.15, 0.2) is 0 Å². The van der Waals surface area contributed by atoms with Crippen LogP contribution in [0.1, 0.15) is 53.4 Å². The second-order valence-corrected chi connectivity index (χ2v) is 7.95. The van der Waals surface area contributed by atoms with E-state index in [1.165, 1.54) is 12.8 Å². The number of unbranched alkanes of at least 4 members (excludes halogenated alkanes) is 2. The highest BCUT2D eigenvalue weighted by Crippen LogP contribution is 2.29. The molecule has 0 rings (SSSR count). The van der Waals surface area contributed by atoms with Crippen LogP contribution in [0.3, 0.4) is 0 Å². The zero-order valence-electron chi connectivity index (χ0n) is 13.6. The molecule has 1 atom stereocenters. The molecule has 0 saturated heterocycles. The van der Waals surface area contributed by atoms with Crippen LogP contribution in [0, 0.1) is 11.3 Å². The van der Waals surface area contributed by atoms with Crippen LogP contribution in [0.2, 0.25) is 0 Å². The number of alkyl halides is 2. The molecular weight excluding hydrogens is 384 g/mol. The molecule has 1 unspecified atom stereocenters. The van der Waals surface area contributed by atoms with Crippen molar-refractivity contribution in [3.05, 3.63) is 0 Å². The lowest BCUT2D eigenvalue weighted by Crippen LogP contribution is -2.40. The van der Waals surface area contributed by atoms with Gasteiger partial charge in [-0.25, -0.2) is 0 Å². The lowest BCUT2D eigenvalue weighted by atomic mass is 9.81. The third kappa shape index (κ3) is 9.75. The summed E-state index contributed by atoms with van der Waals surface area (Å²) in [6.07, 6.45) is 4.86. The Morgan fingerprint density at radius 3 is 1.95 bits per heavy atom. The van der Waals surface area contributed by atoms with E-state index in [0.717, 1.165) is 43.3 Å². The Hall–Kier alpha value is 0.880. The van der Waals surface area contributed by atoms with Gasteiger partial charge < -0.3 is 9.47 Å². The van der Waals surface area contributed by atoms with E-state index < -0.39 is 0 Å². The molecule has 0 aromatic rings. The lowest BCUT2D eigenvalue weighted by Gasteiger charge is -2.36. The van der Waals surface area contributed by atoms with Crippen molar-refractivity contribution in [2.24, 2.45) is 11.3 Å². The van der Waals surface area contributed by atoms with E-state index in [1.54, 1.807) is 0 Å². The molecular formula is C16H32Br2O2. The Kier molecular flexibility index (Phi) is 13.0. The second-order valence-electron chi connectivity index (χ2n) is 6.37. The minimum absolute atomic E-state index is 0.0664. The SMILES string of the molecule is CC(C)C(OCCCCBr)C(C)(C)COCCCCBr. The maximum Gasteiger partial charge on any atom is 0.0670 e. The minimum Gasteiger partial charge on any atom is -0.381 e. The van der Waals surface area contributed by atoms with Crippen LogP contribution >= 0.6 is 31.9 Å². The van der Waals surface area contributed by atoms with Crippen molar-refractivity contribution in [2.45, 2.75) is 59.5 Å². The lowest BCUT2D eigenvalue weighted by molar-refractivity contribution is -0.0874. The van der Waals surface area contributed by atoms with Gasteiger partial charge in [-0.3, -0.25) is 0 Å². The number of halogens is 2. The van der Waals surface area contributed by atoms with Crippen molar-refractivity contribution in [3.63, 3.8) is 0 Å². The normalized spacial score (nSPS) is 13.9. The highest BCUT2D eigenvalue weighted by atomic mass is 79.9. The Morgan fingerprint density at radius 1 is 0.900 bits per heavy atom. The van der Waals surface area contributed by atoms with Gasteiger partial charge in [0.05, 0.1) is 12.7 Å². The summed E-state index contributed by atoms with van der Waals surface area (Å²) in [7, 11) is 0. The predicted molar refractivity (Wildman–Crippen MR) is 95.2 cm³/mol. The van der Waals surface area contributed by atoms with Crippen molar-refractivity contribution >= 4 is 31.9 Å². The average molecular weight is 416 g/mol. The summed E-state index contributed by atoms with van der Waals surface area (Å²) in [5.74, 6) is 0.514. The summed E-state index contributed by atoms with van der Waals surface area (Å²) in [5, 5.41) is 2.12. The summed E-state index contributed by atoms with van der Waals surface area (Å²) < 4.78 is 12.0. The van der Waals surface area contributed by atoms with Gasteiger partial charge in [0.1, 0.15) is 0 Å². The van der Waals surface area contributed by atoms with Crippen molar-refractivity contribution in [1.82, 2.24) is 0 Å². The topological polar surface area (TPSA) is 18.5 Å². The number of hydrogen-bond donors (Lipinski definition) is 0. The first kappa shape index (κ1) is 20.9. The number of hydrogen-bond acceptors (Lipinski definition) is 2. The predicted octanol–water partition coefficient (Wildman–Crippen LogP) is 5.42. The maximum atomic E-state index is 6.14. The van der Waals surface area contributed by atoms with E-state index in [1.807, 2.05) is 0 Å². The first-order chi connectivity index (χ1) is 9.45. The molecule has 0 aromatic heterocycles. The van der Waals surface area contributed by atoms with Gasteiger partial charge >= 0.3 is 0 Å². The molecule has 20 heavy (non-hydrogen) atoms. The van der Waals surface area contributed by atoms with E-state index >= 15 is 0 Å². The molecule has 0 radical (unpaired) electrons. The van der Waals surface area contributed by atoms with Gasteiger partial charge in [-0.15, -0.1) is 0 Å². The van der Waals surface area contributed by atoms with Gasteiger partial charge in [-0.1, -0.05) is 59.6 Å². The van der Waals surface area contributed by atoms with Gasteiger partial charge in [-0.05, 0) is 31.6 Å². The molecule has 0 N–H and O–H groups in total. The third-order valence-electron chi connectivity index (χ3n) is 3.35. The zero-order valence-corrected chi connectivity index (χ0v) is 16.8. The van der Waals surface area contributed by atoms with Gasteiger partial charge in [-0.2, -0.15) is 0 Å². The number of ether oxygens (including phenoxy) is 2. The summed E-state index contributed by atoms with van der Waals surface area (Å²) in [6, 6.07) is 0. The van der Waals surface area contributed by atoms with E-state index in [-0.39, 0.29) is 11.5 Å². The molecule has 0 aromatic carbocycles. The molecule has 0 spiro atoms. The first-order valence-corrected chi connectivity index (χ1v) is 10.0. The monoisotopic (exact) mass is 414 g/mol. The van der Waals surface area contributed by atoms with Crippen LogP contribution in [-0.4, -0.2) is 36.6 Å². The third-order valence-corrected chi connectivity index (χ3v) is 4.47. The average Bonchev–Trinajstić information content (AvgIpc) is 2.37. The fourth-order valence-corrected chi connectivity index (χ4v) is 3.24. The molecule has 122 valence electrons. The summed E-state index contributed by atoms with van der Waals surface area (Å²) in [4.78, 5) is 0.